The molecule has 0 aliphatic rings. The fourth-order valence-electron chi connectivity index (χ4n) is 2.05. The summed E-state index contributed by atoms with van der Waals surface area (Å²) in [6, 6.07) is 17.0. The Morgan fingerprint density at radius 3 is 2.56 bits per heavy atom. The van der Waals surface area contributed by atoms with Gasteiger partial charge in [-0.05, 0) is 36.2 Å². The average Bonchev–Trinajstić information content (AvgIpc) is 2.35. The maximum absolute atomic E-state index is 4.65. The van der Waals surface area contributed by atoms with Crippen LogP contribution in [0.2, 0.25) is 0 Å². The average molecular weight is 207 g/mol. The molecular formula is C15H13N. The van der Waals surface area contributed by atoms with E-state index in [1.54, 1.807) is 0 Å². The van der Waals surface area contributed by atoms with E-state index < -0.39 is 0 Å². The van der Waals surface area contributed by atoms with Gasteiger partial charge in [0, 0.05) is 10.8 Å². The summed E-state index contributed by atoms with van der Waals surface area (Å²) in [5.41, 5.74) is 3.51. The van der Waals surface area contributed by atoms with Crippen LogP contribution in [0.25, 0.3) is 21.8 Å². The van der Waals surface area contributed by atoms with Crippen LogP contribution < -0.4 is 0 Å². The SMILES string of the molecule is CCc1ccc2nc3ccccc3cc2c1. The van der Waals surface area contributed by atoms with Crippen molar-refractivity contribution in [1.29, 1.82) is 0 Å². The Balaban J connectivity index is 2.37. The number of benzene rings is 2. The van der Waals surface area contributed by atoms with Crippen molar-refractivity contribution in [3.63, 3.8) is 0 Å². The number of aromatic nitrogens is 1. The topological polar surface area (TPSA) is 12.9 Å². The first-order valence-corrected chi connectivity index (χ1v) is 5.65. The van der Waals surface area contributed by atoms with Gasteiger partial charge in [0.15, 0.2) is 0 Å². The Morgan fingerprint density at radius 1 is 0.875 bits per heavy atom. The lowest BCUT2D eigenvalue weighted by molar-refractivity contribution is 1.15. The highest BCUT2D eigenvalue weighted by atomic mass is 14.7. The minimum absolute atomic E-state index is 1.07. The van der Waals surface area contributed by atoms with Crippen LogP contribution in [0.3, 0.4) is 0 Å². The normalized spacial score (nSPS) is 11.1. The molecule has 0 saturated heterocycles. The number of fused-ring (bicyclic) bond motifs is 2. The molecule has 0 aliphatic heterocycles. The zero-order chi connectivity index (χ0) is 11.0. The summed E-state index contributed by atoms with van der Waals surface area (Å²) in [5, 5.41) is 2.45. The molecule has 0 unspecified atom stereocenters. The molecule has 3 rings (SSSR count). The summed E-state index contributed by atoms with van der Waals surface area (Å²) in [5.74, 6) is 0. The van der Waals surface area contributed by atoms with E-state index in [0.717, 1.165) is 17.5 Å². The third-order valence-corrected chi connectivity index (χ3v) is 2.99. The number of para-hydroxylation sites is 1. The van der Waals surface area contributed by atoms with Gasteiger partial charge in [0.05, 0.1) is 11.0 Å². The van der Waals surface area contributed by atoms with Crippen molar-refractivity contribution in [2.75, 3.05) is 0 Å². The van der Waals surface area contributed by atoms with Crippen molar-refractivity contribution >= 4 is 21.8 Å². The van der Waals surface area contributed by atoms with Crippen molar-refractivity contribution in [1.82, 2.24) is 4.98 Å². The highest BCUT2D eigenvalue weighted by molar-refractivity contribution is 5.92. The first-order valence-electron chi connectivity index (χ1n) is 5.65. The first-order chi connectivity index (χ1) is 7.86. The molecule has 1 aromatic heterocycles. The number of pyridine rings is 1. The molecule has 0 spiro atoms. The van der Waals surface area contributed by atoms with E-state index in [1.807, 2.05) is 6.07 Å². The summed E-state index contributed by atoms with van der Waals surface area (Å²) in [6.45, 7) is 2.18. The second kappa shape index (κ2) is 3.60. The highest BCUT2D eigenvalue weighted by Gasteiger charge is 1.99. The number of nitrogens with zero attached hydrogens (tertiary/aromatic N) is 1. The predicted octanol–water partition coefficient (Wildman–Crippen LogP) is 3.95. The molecule has 0 aliphatic carbocycles. The van der Waals surface area contributed by atoms with Gasteiger partial charge in [-0.3, -0.25) is 0 Å². The van der Waals surface area contributed by atoms with Crippen LogP contribution in [-0.4, -0.2) is 4.98 Å². The number of hydrogen-bond donors (Lipinski definition) is 0. The van der Waals surface area contributed by atoms with Crippen LogP contribution >= 0.6 is 0 Å². The fourth-order valence-corrected chi connectivity index (χ4v) is 2.05. The number of rotatable bonds is 1. The van der Waals surface area contributed by atoms with Crippen LogP contribution in [0, 0.1) is 0 Å². The van der Waals surface area contributed by atoms with Gasteiger partial charge in [0.2, 0.25) is 0 Å². The predicted molar refractivity (Wildman–Crippen MR) is 68.6 cm³/mol. The minimum Gasteiger partial charge on any atom is -0.248 e. The Hall–Kier alpha value is -1.89. The smallest absolute Gasteiger partial charge is 0.0709 e. The zero-order valence-electron chi connectivity index (χ0n) is 9.27. The molecule has 0 radical (unpaired) electrons. The van der Waals surface area contributed by atoms with E-state index in [-0.39, 0.29) is 0 Å². The fraction of sp³-hybridized carbons (Fsp3) is 0.133. The summed E-state index contributed by atoms with van der Waals surface area (Å²) >= 11 is 0. The van der Waals surface area contributed by atoms with E-state index in [4.69, 9.17) is 0 Å². The van der Waals surface area contributed by atoms with E-state index in [2.05, 4.69) is 54.4 Å². The quantitative estimate of drug-likeness (QED) is 0.550. The van der Waals surface area contributed by atoms with Gasteiger partial charge in [-0.1, -0.05) is 31.2 Å². The monoisotopic (exact) mass is 207 g/mol. The molecule has 0 fully saturated rings. The van der Waals surface area contributed by atoms with E-state index in [1.165, 1.54) is 16.3 Å². The third-order valence-electron chi connectivity index (χ3n) is 2.99. The molecule has 0 bridgehead atoms. The molecule has 1 heteroatoms. The molecule has 1 nitrogen and oxygen atoms in total. The van der Waals surface area contributed by atoms with Crippen molar-refractivity contribution in [3.8, 4) is 0 Å². The molecule has 1 heterocycles. The van der Waals surface area contributed by atoms with Gasteiger partial charge < -0.3 is 0 Å². The van der Waals surface area contributed by atoms with Gasteiger partial charge in [0.25, 0.3) is 0 Å². The molecule has 0 saturated carbocycles. The van der Waals surface area contributed by atoms with Gasteiger partial charge in [-0.2, -0.15) is 0 Å². The minimum atomic E-state index is 1.07. The van der Waals surface area contributed by atoms with Crippen LogP contribution in [-0.2, 0) is 6.42 Å². The molecule has 16 heavy (non-hydrogen) atoms. The van der Waals surface area contributed by atoms with E-state index in [9.17, 15) is 0 Å². The van der Waals surface area contributed by atoms with Crippen LogP contribution in [0.5, 0.6) is 0 Å². The Morgan fingerprint density at radius 2 is 1.69 bits per heavy atom. The van der Waals surface area contributed by atoms with E-state index >= 15 is 0 Å². The van der Waals surface area contributed by atoms with Crippen molar-refractivity contribution in [2.24, 2.45) is 0 Å². The Kier molecular flexibility index (Phi) is 2.10. The second-order valence-corrected chi connectivity index (χ2v) is 4.06. The number of aryl methyl sites for hydroxylation is 1. The van der Waals surface area contributed by atoms with Crippen molar-refractivity contribution in [3.05, 3.63) is 54.1 Å². The molecule has 78 valence electrons. The summed E-state index contributed by atoms with van der Waals surface area (Å²) < 4.78 is 0. The Labute approximate surface area is 94.7 Å². The van der Waals surface area contributed by atoms with Gasteiger partial charge >= 0.3 is 0 Å². The molecule has 0 amide bonds. The lowest BCUT2D eigenvalue weighted by atomic mass is 10.1. The summed E-state index contributed by atoms with van der Waals surface area (Å²) in [4.78, 5) is 4.65. The highest BCUT2D eigenvalue weighted by Crippen LogP contribution is 2.20. The summed E-state index contributed by atoms with van der Waals surface area (Å²) in [6.07, 6.45) is 1.07. The molecule has 0 N–H and O–H groups in total. The van der Waals surface area contributed by atoms with Crippen LogP contribution in [0.15, 0.2) is 48.5 Å². The van der Waals surface area contributed by atoms with Crippen LogP contribution in [0.4, 0.5) is 0 Å². The van der Waals surface area contributed by atoms with Gasteiger partial charge in [-0.25, -0.2) is 4.98 Å². The summed E-state index contributed by atoms with van der Waals surface area (Å²) in [7, 11) is 0. The zero-order valence-corrected chi connectivity index (χ0v) is 9.27. The maximum atomic E-state index is 4.65. The Bertz CT molecular complexity index is 656. The molecule has 3 aromatic rings. The van der Waals surface area contributed by atoms with Crippen LogP contribution in [0.1, 0.15) is 12.5 Å². The lowest BCUT2D eigenvalue weighted by Gasteiger charge is -2.03. The molecule has 2 aromatic carbocycles. The maximum Gasteiger partial charge on any atom is 0.0709 e. The first kappa shape index (κ1) is 9.34. The van der Waals surface area contributed by atoms with Gasteiger partial charge in [-0.15, -0.1) is 0 Å². The van der Waals surface area contributed by atoms with Crippen molar-refractivity contribution < 1.29 is 0 Å². The standard InChI is InChI=1S/C15H13N/c1-2-11-7-8-15-13(9-11)10-12-5-3-4-6-14(12)16-15/h3-10H,2H2,1H3. The van der Waals surface area contributed by atoms with Crippen molar-refractivity contribution in [2.45, 2.75) is 13.3 Å². The molecule has 0 atom stereocenters. The molecular weight excluding hydrogens is 194 g/mol. The lowest BCUT2D eigenvalue weighted by Crippen LogP contribution is -1.84. The third kappa shape index (κ3) is 1.45. The number of hydrogen-bond acceptors (Lipinski definition) is 1. The van der Waals surface area contributed by atoms with Gasteiger partial charge in [0.1, 0.15) is 0 Å². The van der Waals surface area contributed by atoms with E-state index in [0.29, 0.717) is 0 Å². The second-order valence-electron chi connectivity index (χ2n) is 4.06. The largest absolute Gasteiger partial charge is 0.248 e.